The molecule has 1 N–H and O–H groups in total. The van der Waals surface area contributed by atoms with E-state index in [1.165, 1.54) is 43.4 Å². The van der Waals surface area contributed by atoms with Gasteiger partial charge in [0.2, 0.25) is 5.91 Å². The molecule has 0 bridgehead atoms. The number of nitrogens with zero attached hydrogens (tertiary/aromatic N) is 2. The summed E-state index contributed by atoms with van der Waals surface area (Å²) in [5.41, 5.74) is 2.53. The van der Waals surface area contributed by atoms with Gasteiger partial charge >= 0.3 is 0 Å². The third-order valence-electron chi connectivity index (χ3n) is 6.04. The molecular formula is C23H29N3O3S. The lowest BCUT2D eigenvalue weighted by atomic mass is 9.86. The Balaban J connectivity index is 1.45. The second-order valence-electron chi connectivity index (χ2n) is 8.12. The standard InChI is InChI=1S/C23H29N3O3S/c1-3-26-18-13-17(10-11-19(18)29-14-21(26)28)22-15(2)30-23(25-22)24-20(27)12-9-16-7-5-4-6-8-16/h10-11,13,16H,3-9,12,14H2,1-2H3,(H,24,25,27). The first-order chi connectivity index (χ1) is 14.5. The maximum absolute atomic E-state index is 12.4. The maximum atomic E-state index is 12.4. The minimum Gasteiger partial charge on any atom is -0.482 e. The molecule has 0 unspecified atom stereocenters. The Morgan fingerprint density at radius 2 is 2.10 bits per heavy atom. The lowest BCUT2D eigenvalue weighted by Gasteiger charge is -2.28. The van der Waals surface area contributed by atoms with Crippen molar-refractivity contribution in [3.05, 3.63) is 23.1 Å². The largest absolute Gasteiger partial charge is 0.482 e. The molecule has 1 aliphatic carbocycles. The summed E-state index contributed by atoms with van der Waals surface area (Å²) in [6.45, 7) is 4.63. The Kier molecular flexibility index (Phi) is 6.37. The molecule has 30 heavy (non-hydrogen) atoms. The van der Waals surface area contributed by atoms with Crippen LogP contribution in [0, 0.1) is 12.8 Å². The fraction of sp³-hybridized carbons (Fsp3) is 0.522. The zero-order valence-corrected chi connectivity index (χ0v) is 18.5. The molecule has 0 radical (unpaired) electrons. The van der Waals surface area contributed by atoms with Crippen molar-refractivity contribution >= 4 is 34.0 Å². The van der Waals surface area contributed by atoms with Gasteiger partial charge in [-0.2, -0.15) is 0 Å². The number of carbonyl (C=O) groups is 2. The number of carbonyl (C=O) groups excluding carboxylic acids is 2. The molecule has 1 saturated carbocycles. The fourth-order valence-corrected chi connectivity index (χ4v) is 5.26. The zero-order chi connectivity index (χ0) is 21.1. The number of anilines is 2. The molecule has 160 valence electrons. The van der Waals surface area contributed by atoms with Crippen LogP contribution in [-0.2, 0) is 9.59 Å². The molecule has 4 rings (SSSR count). The molecule has 0 atom stereocenters. The number of hydrogen-bond acceptors (Lipinski definition) is 5. The number of benzene rings is 1. The minimum atomic E-state index is -0.0388. The van der Waals surface area contributed by atoms with E-state index in [0.29, 0.717) is 29.8 Å². The number of fused-ring (bicyclic) bond motifs is 1. The van der Waals surface area contributed by atoms with Crippen LogP contribution in [0.1, 0.15) is 56.7 Å². The van der Waals surface area contributed by atoms with E-state index in [9.17, 15) is 9.59 Å². The van der Waals surface area contributed by atoms with Gasteiger partial charge in [0, 0.05) is 23.4 Å². The van der Waals surface area contributed by atoms with Crippen LogP contribution in [-0.4, -0.2) is 29.9 Å². The summed E-state index contributed by atoms with van der Waals surface area (Å²) in [4.78, 5) is 32.0. The van der Waals surface area contributed by atoms with E-state index in [-0.39, 0.29) is 18.4 Å². The van der Waals surface area contributed by atoms with Crippen molar-refractivity contribution in [1.82, 2.24) is 4.98 Å². The number of aromatic nitrogens is 1. The molecule has 6 nitrogen and oxygen atoms in total. The summed E-state index contributed by atoms with van der Waals surface area (Å²) in [5.74, 6) is 1.41. The molecule has 0 spiro atoms. The second-order valence-corrected chi connectivity index (χ2v) is 9.33. The summed E-state index contributed by atoms with van der Waals surface area (Å²) >= 11 is 1.49. The zero-order valence-electron chi connectivity index (χ0n) is 17.7. The average molecular weight is 428 g/mol. The summed E-state index contributed by atoms with van der Waals surface area (Å²) < 4.78 is 5.56. The highest BCUT2D eigenvalue weighted by atomic mass is 32.1. The van der Waals surface area contributed by atoms with E-state index in [2.05, 4.69) is 10.3 Å². The van der Waals surface area contributed by atoms with Crippen LogP contribution in [0.5, 0.6) is 5.75 Å². The number of ether oxygens (including phenoxy) is 1. The highest BCUT2D eigenvalue weighted by molar-refractivity contribution is 7.16. The van der Waals surface area contributed by atoms with E-state index < -0.39 is 0 Å². The van der Waals surface area contributed by atoms with Gasteiger partial charge in [-0.3, -0.25) is 9.59 Å². The summed E-state index contributed by atoms with van der Waals surface area (Å²) in [5, 5.41) is 3.61. The van der Waals surface area contributed by atoms with Crippen molar-refractivity contribution in [2.45, 2.75) is 58.8 Å². The normalized spacial score (nSPS) is 16.9. The van der Waals surface area contributed by atoms with E-state index >= 15 is 0 Å². The van der Waals surface area contributed by atoms with Crippen LogP contribution in [0.3, 0.4) is 0 Å². The molecule has 1 fully saturated rings. The van der Waals surface area contributed by atoms with Gasteiger partial charge in [0.1, 0.15) is 5.75 Å². The average Bonchev–Trinajstić information content (AvgIpc) is 3.12. The molecule has 7 heteroatoms. The van der Waals surface area contributed by atoms with Gasteiger partial charge in [0.05, 0.1) is 11.4 Å². The van der Waals surface area contributed by atoms with Gasteiger partial charge in [-0.1, -0.05) is 32.1 Å². The first-order valence-electron chi connectivity index (χ1n) is 10.9. The third-order valence-corrected chi connectivity index (χ3v) is 6.93. The number of thiazole rings is 1. The topological polar surface area (TPSA) is 71.5 Å². The van der Waals surface area contributed by atoms with E-state index in [4.69, 9.17) is 4.74 Å². The molecule has 1 aromatic carbocycles. The van der Waals surface area contributed by atoms with Crippen molar-refractivity contribution in [3.8, 4) is 17.0 Å². The highest BCUT2D eigenvalue weighted by Crippen LogP contribution is 2.38. The van der Waals surface area contributed by atoms with E-state index in [1.54, 1.807) is 4.90 Å². The molecule has 2 aliphatic rings. The first kappa shape index (κ1) is 20.8. The van der Waals surface area contributed by atoms with Gasteiger partial charge in [-0.25, -0.2) is 4.98 Å². The minimum absolute atomic E-state index is 0.0388. The third kappa shape index (κ3) is 4.51. The summed E-state index contributed by atoms with van der Waals surface area (Å²) in [6.07, 6.45) is 7.97. The number of amides is 2. The maximum Gasteiger partial charge on any atom is 0.265 e. The van der Waals surface area contributed by atoms with E-state index in [0.717, 1.165) is 28.2 Å². The van der Waals surface area contributed by atoms with Gasteiger partial charge in [-0.15, -0.1) is 11.3 Å². The van der Waals surface area contributed by atoms with Crippen LogP contribution in [0.25, 0.3) is 11.3 Å². The predicted molar refractivity (Wildman–Crippen MR) is 120 cm³/mol. The Morgan fingerprint density at radius 1 is 1.30 bits per heavy atom. The van der Waals surface area contributed by atoms with Gasteiger partial charge in [0.25, 0.3) is 5.91 Å². The Labute approximate surface area is 181 Å². The number of rotatable bonds is 6. The van der Waals surface area contributed by atoms with Gasteiger partial charge in [0.15, 0.2) is 11.7 Å². The lowest BCUT2D eigenvalue weighted by Crippen LogP contribution is -2.38. The number of aryl methyl sites for hydroxylation is 1. The van der Waals surface area contributed by atoms with Crippen molar-refractivity contribution in [2.24, 2.45) is 5.92 Å². The van der Waals surface area contributed by atoms with Crippen molar-refractivity contribution in [3.63, 3.8) is 0 Å². The molecule has 1 aromatic heterocycles. The fourth-order valence-electron chi connectivity index (χ4n) is 4.41. The first-order valence-corrected chi connectivity index (χ1v) is 11.7. The van der Waals surface area contributed by atoms with Gasteiger partial charge in [-0.05, 0) is 44.4 Å². The summed E-state index contributed by atoms with van der Waals surface area (Å²) in [6, 6.07) is 5.80. The summed E-state index contributed by atoms with van der Waals surface area (Å²) in [7, 11) is 0. The van der Waals surface area contributed by atoms with Crippen LogP contribution in [0.15, 0.2) is 18.2 Å². The monoisotopic (exact) mass is 427 g/mol. The van der Waals surface area contributed by atoms with Crippen LogP contribution in [0.2, 0.25) is 0 Å². The van der Waals surface area contributed by atoms with Crippen molar-refractivity contribution < 1.29 is 14.3 Å². The number of nitrogens with one attached hydrogen (secondary N) is 1. The number of likely N-dealkylation sites (N-methyl/N-ethyl adjacent to an activating group) is 1. The molecule has 2 amide bonds. The van der Waals surface area contributed by atoms with Crippen LogP contribution in [0.4, 0.5) is 10.8 Å². The Bertz CT molecular complexity index is 934. The smallest absolute Gasteiger partial charge is 0.265 e. The van der Waals surface area contributed by atoms with Gasteiger partial charge < -0.3 is 15.0 Å². The highest BCUT2D eigenvalue weighted by Gasteiger charge is 2.25. The quantitative estimate of drug-likeness (QED) is 0.691. The Hall–Kier alpha value is -2.41. The lowest BCUT2D eigenvalue weighted by molar-refractivity contribution is -0.121. The number of hydrogen-bond donors (Lipinski definition) is 1. The van der Waals surface area contributed by atoms with E-state index in [1.807, 2.05) is 32.0 Å². The molecule has 1 aliphatic heterocycles. The van der Waals surface area contributed by atoms with Crippen molar-refractivity contribution in [1.29, 1.82) is 0 Å². The van der Waals surface area contributed by atoms with Crippen LogP contribution >= 0.6 is 11.3 Å². The SMILES string of the molecule is CCN1C(=O)COc2ccc(-c3nc(NC(=O)CCC4CCCCC4)sc3C)cc21. The molecular weight excluding hydrogens is 398 g/mol. The second kappa shape index (κ2) is 9.16. The van der Waals surface area contributed by atoms with Crippen LogP contribution < -0.4 is 15.0 Å². The Morgan fingerprint density at radius 3 is 2.87 bits per heavy atom. The molecule has 2 aromatic rings. The molecule has 2 heterocycles. The predicted octanol–water partition coefficient (Wildman–Crippen LogP) is 5.16. The van der Waals surface area contributed by atoms with Crippen molar-refractivity contribution in [2.75, 3.05) is 23.4 Å². The molecule has 0 saturated heterocycles.